The average molecular weight is 196 g/mol. The van der Waals surface area contributed by atoms with Crippen molar-refractivity contribution in [1.29, 1.82) is 0 Å². The molecule has 1 saturated carbocycles. The van der Waals surface area contributed by atoms with Gasteiger partial charge in [0.25, 0.3) is 0 Å². The molecular weight excluding hydrogens is 168 g/mol. The molecule has 0 radical (unpaired) electrons. The van der Waals surface area contributed by atoms with E-state index in [1.807, 2.05) is 0 Å². The van der Waals surface area contributed by atoms with Crippen LogP contribution in [0.4, 0.5) is 0 Å². The van der Waals surface area contributed by atoms with Crippen molar-refractivity contribution in [3.8, 4) is 0 Å². The molecule has 1 aliphatic rings. The standard InChI is InChI=1S/C14H28/c1-5-6-7-8-11(2)12(3)9-14-10-13(14)4/h11-14H,5-10H2,1-4H3. The first-order valence-electron chi connectivity index (χ1n) is 6.65. The van der Waals surface area contributed by atoms with Crippen molar-refractivity contribution in [2.24, 2.45) is 23.7 Å². The highest BCUT2D eigenvalue weighted by atomic mass is 14.4. The lowest BCUT2D eigenvalue weighted by atomic mass is 9.87. The van der Waals surface area contributed by atoms with Crippen molar-refractivity contribution >= 4 is 0 Å². The van der Waals surface area contributed by atoms with E-state index in [0.717, 1.165) is 23.7 Å². The molecule has 0 nitrogen and oxygen atoms in total. The third-order valence-corrected chi connectivity index (χ3v) is 4.19. The van der Waals surface area contributed by atoms with E-state index >= 15 is 0 Å². The SMILES string of the molecule is CCCCCC(C)C(C)CC1CC1C. The summed E-state index contributed by atoms with van der Waals surface area (Å²) in [5, 5.41) is 0. The Hall–Kier alpha value is 0. The van der Waals surface area contributed by atoms with Crippen molar-refractivity contribution in [3.63, 3.8) is 0 Å². The molecule has 0 heterocycles. The Morgan fingerprint density at radius 2 is 1.79 bits per heavy atom. The predicted molar refractivity (Wildman–Crippen MR) is 64.4 cm³/mol. The molecule has 1 aliphatic carbocycles. The predicted octanol–water partition coefficient (Wildman–Crippen LogP) is 4.89. The van der Waals surface area contributed by atoms with Gasteiger partial charge < -0.3 is 0 Å². The van der Waals surface area contributed by atoms with E-state index < -0.39 is 0 Å². The van der Waals surface area contributed by atoms with E-state index in [4.69, 9.17) is 0 Å². The van der Waals surface area contributed by atoms with Gasteiger partial charge in [-0.3, -0.25) is 0 Å². The maximum absolute atomic E-state index is 2.46. The first-order valence-corrected chi connectivity index (χ1v) is 6.65. The van der Waals surface area contributed by atoms with Gasteiger partial charge in [0.15, 0.2) is 0 Å². The molecule has 0 N–H and O–H groups in total. The van der Waals surface area contributed by atoms with Crippen LogP contribution in [0.1, 0.15) is 66.2 Å². The summed E-state index contributed by atoms with van der Waals surface area (Å²) >= 11 is 0. The fourth-order valence-corrected chi connectivity index (χ4v) is 2.44. The van der Waals surface area contributed by atoms with Crippen LogP contribution in [0.15, 0.2) is 0 Å². The number of hydrogen-bond donors (Lipinski definition) is 0. The normalized spacial score (nSPS) is 30.0. The number of hydrogen-bond acceptors (Lipinski definition) is 0. The van der Waals surface area contributed by atoms with Crippen LogP contribution in [0.25, 0.3) is 0 Å². The lowest BCUT2D eigenvalue weighted by molar-refractivity contribution is 0.317. The third kappa shape index (κ3) is 4.02. The monoisotopic (exact) mass is 196 g/mol. The van der Waals surface area contributed by atoms with Gasteiger partial charge in [0.05, 0.1) is 0 Å². The van der Waals surface area contributed by atoms with Crippen LogP contribution < -0.4 is 0 Å². The zero-order valence-corrected chi connectivity index (χ0v) is 10.6. The minimum atomic E-state index is 0.953. The summed E-state index contributed by atoms with van der Waals surface area (Å²) in [6.45, 7) is 9.61. The van der Waals surface area contributed by atoms with E-state index in [1.165, 1.54) is 38.5 Å². The lowest BCUT2D eigenvalue weighted by Gasteiger charge is -2.19. The molecule has 0 aliphatic heterocycles. The van der Waals surface area contributed by atoms with Crippen molar-refractivity contribution in [3.05, 3.63) is 0 Å². The maximum atomic E-state index is 2.46. The molecule has 84 valence electrons. The van der Waals surface area contributed by atoms with Crippen molar-refractivity contribution < 1.29 is 0 Å². The molecule has 0 aromatic heterocycles. The van der Waals surface area contributed by atoms with Crippen LogP contribution in [0.3, 0.4) is 0 Å². The highest BCUT2D eigenvalue weighted by molar-refractivity contribution is 4.84. The zero-order chi connectivity index (χ0) is 10.6. The van der Waals surface area contributed by atoms with Crippen molar-refractivity contribution in [1.82, 2.24) is 0 Å². The molecule has 0 spiro atoms. The summed E-state index contributed by atoms with van der Waals surface area (Å²) < 4.78 is 0. The van der Waals surface area contributed by atoms with Gasteiger partial charge >= 0.3 is 0 Å². The summed E-state index contributed by atoms with van der Waals surface area (Å²) in [6.07, 6.45) is 8.69. The molecular formula is C14H28. The average Bonchev–Trinajstić information content (AvgIpc) is 2.82. The van der Waals surface area contributed by atoms with Crippen LogP contribution in [0.5, 0.6) is 0 Å². The van der Waals surface area contributed by atoms with Gasteiger partial charge in [-0.05, 0) is 36.5 Å². The van der Waals surface area contributed by atoms with Crippen LogP contribution in [-0.4, -0.2) is 0 Å². The van der Waals surface area contributed by atoms with Gasteiger partial charge in [0, 0.05) is 0 Å². The summed E-state index contributed by atoms with van der Waals surface area (Å²) in [5.41, 5.74) is 0. The molecule has 0 amide bonds. The Morgan fingerprint density at radius 1 is 1.14 bits per heavy atom. The fourth-order valence-electron chi connectivity index (χ4n) is 2.44. The van der Waals surface area contributed by atoms with E-state index in [1.54, 1.807) is 0 Å². The Kier molecular flexibility index (Phi) is 4.98. The number of rotatable bonds is 7. The molecule has 0 bridgehead atoms. The highest BCUT2D eigenvalue weighted by Gasteiger charge is 2.34. The van der Waals surface area contributed by atoms with Crippen molar-refractivity contribution in [2.45, 2.75) is 66.2 Å². The largest absolute Gasteiger partial charge is 0.0654 e. The van der Waals surface area contributed by atoms with E-state index in [0.29, 0.717) is 0 Å². The quantitative estimate of drug-likeness (QED) is 0.509. The third-order valence-electron chi connectivity index (χ3n) is 4.19. The van der Waals surface area contributed by atoms with Gasteiger partial charge in [-0.2, -0.15) is 0 Å². The molecule has 14 heavy (non-hydrogen) atoms. The zero-order valence-electron chi connectivity index (χ0n) is 10.6. The first kappa shape index (κ1) is 12.1. The van der Waals surface area contributed by atoms with Gasteiger partial charge in [0.2, 0.25) is 0 Å². The molecule has 0 heteroatoms. The molecule has 0 saturated heterocycles. The molecule has 1 fully saturated rings. The Balaban J connectivity index is 2.06. The molecule has 0 aromatic rings. The fraction of sp³-hybridized carbons (Fsp3) is 1.00. The van der Waals surface area contributed by atoms with Crippen LogP contribution in [0.2, 0.25) is 0 Å². The second-order valence-electron chi connectivity index (χ2n) is 5.66. The van der Waals surface area contributed by atoms with E-state index in [2.05, 4.69) is 27.7 Å². The summed E-state index contributed by atoms with van der Waals surface area (Å²) in [4.78, 5) is 0. The highest BCUT2D eigenvalue weighted by Crippen LogP contribution is 2.44. The minimum absolute atomic E-state index is 0.953. The van der Waals surface area contributed by atoms with Gasteiger partial charge in [-0.25, -0.2) is 0 Å². The first-order chi connectivity index (χ1) is 6.65. The number of unbranched alkanes of at least 4 members (excludes halogenated alkanes) is 2. The van der Waals surface area contributed by atoms with Crippen LogP contribution >= 0.6 is 0 Å². The topological polar surface area (TPSA) is 0 Å². The van der Waals surface area contributed by atoms with Gasteiger partial charge in [-0.15, -0.1) is 0 Å². The van der Waals surface area contributed by atoms with E-state index in [-0.39, 0.29) is 0 Å². The van der Waals surface area contributed by atoms with Gasteiger partial charge in [0.1, 0.15) is 0 Å². The Labute approximate surface area is 90.5 Å². The van der Waals surface area contributed by atoms with Crippen LogP contribution in [0, 0.1) is 23.7 Å². The van der Waals surface area contributed by atoms with Crippen LogP contribution in [-0.2, 0) is 0 Å². The summed E-state index contributed by atoms with van der Waals surface area (Å²) in [6, 6.07) is 0. The smallest absolute Gasteiger partial charge is 0.0383 e. The maximum Gasteiger partial charge on any atom is -0.0383 e. The van der Waals surface area contributed by atoms with Crippen molar-refractivity contribution in [2.75, 3.05) is 0 Å². The second-order valence-corrected chi connectivity index (χ2v) is 5.66. The lowest BCUT2D eigenvalue weighted by Crippen LogP contribution is -2.09. The second kappa shape index (κ2) is 5.78. The Bertz CT molecular complexity index is 150. The summed E-state index contributed by atoms with van der Waals surface area (Å²) in [7, 11) is 0. The molecule has 0 aromatic carbocycles. The van der Waals surface area contributed by atoms with E-state index in [9.17, 15) is 0 Å². The molecule has 4 unspecified atom stereocenters. The minimum Gasteiger partial charge on any atom is -0.0654 e. The Morgan fingerprint density at radius 3 is 2.29 bits per heavy atom. The van der Waals surface area contributed by atoms with Gasteiger partial charge in [-0.1, -0.05) is 53.4 Å². The summed E-state index contributed by atoms with van der Waals surface area (Å²) in [5.74, 6) is 4.04. The molecule has 4 atom stereocenters. The molecule has 1 rings (SSSR count).